The molecule has 1 aromatic carbocycles. The maximum absolute atomic E-state index is 13.3. The van der Waals surface area contributed by atoms with Gasteiger partial charge in [0.1, 0.15) is 17.1 Å². The van der Waals surface area contributed by atoms with Gasteiger partial charge >= 0.3 is 0 Å². The van der Waals surface area contributed by atoms with Gasteiger partial charge in [0.25, 0.3) is 5.91 Å². The average molecular weight is 506 g/mol. The fourth-order valence-electron chi connectivity index (χ4n) is 5.00. The number of pyridine rings is 1. The van der Waals surface area contributed by atoms with E-state index in [1.165, 1.54) is 6.20 Å². The predicted molar refractivity (Wildman–Crippen MR) is 133 cm³/mol. The lowest BCUT2D eigenvalue weighted by Crippen LogP contribution is -2.40. The number of amides is 3. The number of nitriles is 1. The average Bonchev–Trinajstić information content (AvgIpc) is 3.48. The van der Waals surface area contributed by atoms with Crippen molar-refractivity contribution in [3.8, 4) is 6.07 Å². The van der Waals surface area contributed by atoms with Crippen molar-refractivity contribution < 1.29 is 18.8 Å². The molecule has 3 aromatic rings. The van der Waals surface area contributed by atoms with Crippen LogP contribution in [0.1, 0.15) is 54.6 Å². The van der Waals surface area contributed by atoms with Crippen LogP contribution in [0, 0.1) is 17.2 Å². The summed E-state index contributed by atoms with van der Waals surface area (Å²) < 4.78 is 5.81. The Morgan fingerprint density at radius 2 is 1.94 bits per heavy atom. The van der Waals surface area contributed by atoms with E-state index in [0.717, 1.165) is 25.8 Å². The third kappa shape index (κ3) is 4.77. The number of halogens is 1. The molecule has 1 saturated carbocycles. The number of nitrogens with one attached hydrogen (secondary N) is 2. The molecule has 10 heteroatoms. The Hall–Kier alpha value is -3.90. The van der Waals surface area contributed by atoms with Crippen LogP contribution in [0.15, 0.2) is 40.9 Å². The van der Waals surface area contributed by atoms with E-state index in [0.29, 0.717) is 40.8 Å². The normalized spacial score (nSPS) is 19.8. The lowest BCUT2D eigenvalue weighted by atomic mass is 9.84. The van der Waals surface area contributed by atoms with Crippen LogP contribution in [0.2, 0.25) is 5.02 Å². The van der Waals surface area contributed by atoms with Gasteiger partial charge in [-0.3, -0.25) is 14.4 Å². The van der Waals surface area contributed by atoms with Gasteiger partial charge in [0, 0.05) is 36.5 Å². The topological polar surface area (TPSA) is 128 Å². The third-order valence-electron chi connectivity index (χ3n) is 6.86. The summed E-state index contributed by atoms with van der Waals surface area (Å²) in [5.74, 6) is -0.670. The first-order valence-electron chi connectivity index (χ1n) is 11.9. The van der Waals surface area contributed by atoms with Crippen molar-refractivity contribution in [3.05, 3.63) is 52.9 Å². The van der Waals surface area contributed by atoms with Crippen LogP contribution in [0.4, 0.5) is 11.5 Å². The summed E-state index contributed by atoms with van der Waals surface area (Å²) in [5.41, 5.74) is 0.964. The van der Waals surface area contributed by atoms with Crippen LogP contribution >= 0.6 is 11.6 Å². The van der Waals surface area contributed by atoms with Crippen LogP contribution in [-0.4, -0.2) is 40.2 Å². The second-order valence-electron chi connectivity index (χ2n) is 9.13. The first-order chi connectivity index (χ1) is 17.4. The van der Waals surface area contributed by atoms with Crippen molar-refractivity contribution in [2.45, 2.75) is 44.6 Å². The summed E-state index contributed by atoms with van der Waals surface area (Å²) >= 11 is 5.87. The highest BCUT2D eigenvalue weighted by Gasteiger charge is 2.34. The second kappa shape index (κ2) is 9.99. The predicted octanol–water partition coefficient (Wildman–Crippen LogP) is 4.72. The molecule has 2 aliphatic rings. The van der Waals surface area contributed by atoms with E-state index < -0.39 is 5.91 Å². The molecule has 2 aromatic heterocycles. The van der Waals surface area contributed by atoms with E-state index >= 15 is 0 Å². The number of furan rings is 1. The molecule has 1 aliphatic heterocycles. The Kier molecular flexibility index (Phi) is 6.61. The zero-order valence-corrected chi connectivity index (χ0v) is 20.2. The fraction of sp³-hybridized carbons (Fsp3) is 0.346. The summed E-state index contributed by atoms with van der Waals surface area (Å²) in [6, 6.07) is 10.2. The summed E-state index contributed by atoms with van der Waals surface area (Å²) in [4.78, 5) is 44.5. The zero-order valence-electron chi connectivity index (χ0n) is 19.4. The van der Waals surface area contributed by atoms with Gasteiger partial charge in [-0.15, -0.1) is 0 Å². The number of fused-ring (bicyclic) bond motifs is 1. The lowest BCUT2D eigenvalue weighted by Gasteiger charge is -2.34. The van der Waals surface area contributed by atoms with Crippen LogP contribution in [0.5, 0.6) is 0 Å². The molecule has 0 unspecified atom stereocenters. The quantitative estimate of drug-likeness (QED) is 0.516. The van der Waals surface area contributed by atoms with Gasteiger partial charge in [-0.05, 0) is 62.4 Å². The molecule has 9 nitrogen and oxygen atoms in total. The maximum Gasteiger partial charge on any atom is 0.294 e. The molecule has 0 spiro atoms. The van der Waals surface area contributed by atoms with Crippen LogP contribution in [0.3, 0.4) is 0 Å². The highest BCUT2D eigenvalue weighted by molar-refractivity contribution is 6.30. The van der Waals surface area contributed by atoms with Crippen molar-refractivity contribution in [2.24, 2.45) is 5.92 Å². The highest BCUT2D eigenvalue weighted by Crippen LogP contribution is 2.35. The molecule has 0 bridgehead atoms. The zero-order chi connectivity index (χ0) is 25.2. The number of benzene rings is 1. The SMILES string of the molecule is N#Cc1ccc2oc(C(=O)Nc3ccc(Cl)cn3)c(NC(=O)C3CCC(N4CCCC4=O)CC3)c2c1. The largest absolute Gasteiger partial charge is 0.449 e. The van der Waals surface area contributed by atoms with Crippen LogP contribution in [-0.2, 0) is 9.59 Å². The molecule has 0 radical (unpaired) electrons. The number of carbonyl (C=O) groups is 3. The molecule has 184 valence electrons. The van der Waals surface area contributed by atoms with E-state index in [9.17, 15) is 19.6 Å². The molecule has 36 heavy (non-hydrogen) atoms. The Balaban J connectivity index is 1.37. The van der Waals surface area contributed by atoms with E-state index in [-0.39, 0.29) is 41.0 Å². The Morgan fingerprint density at radius 3 is 2.61 bits per heavy atom. The standard InChI is InChI=1S/C26H24ClN5O4/c27-17-6-10-21(29-14-17)30-26(35)24-23(19-12-15(13-28)3-9-20(19)36-24)31-25(34)16-4-7-18(8-5-16)32-11-1-2-22(32)33/h3,6,9-10,12,14,16,18H,1-2,4-5,7-8,11H2,(H,31,34)(H,29,30,35). The fourth-order valence-corrected chi connectivity index (χ4v) is 5.12. The van der Waals surface area contributed by atoms with Crippen molar-refractivity contribution in [2.75, 3.05) is 17.2 Å². The first kappa shape index (κ1) is 23.8. The first-order valence-corrected chi connectivity index (χ1v) is 12.3. The third-order valence-corrected chi connectivity index (χ3v) is 7.08. The van der Waals surface area contributed by atoms with Crippen molar-refractivity contribution in [1.82, 2.24) is 9.88 Å². The summed E-state index contributed by atoms with van der Waals surface area (Å²) in [6.45, 7) is 0.795. The highest BCUT2D eigenvalue weighted by atomic mass is 35.5. The van der Waals surface area contributed by atoms with Gasteiger partial charge in [-0.2, -0.15) is 5.26 Å². The second-order valence-corrected chi connectivity index (χ2v) is 9.57. The number of nitrogens with zero attached hydrogens (tertiary/aromatic N) is 3. The molecule has 1 aliphatic carbocycles. The number of hydrogen-bond donors (Lipinski definition) is 2. The minimum absolute atomic E-state index is 0.0819. The molecule has 1 saturated heterocycles. The molecular formula is C26H24ClN5O4. The Labute approximate surface area is 212 Å². The lowest BCUT2D eigenvalue weighted by molar-refractivity contribution is -0.130. The van der Waals surface area contributed by atoms with E-state index in [4.69, 9.17) is 16.0 Å². The van der Waals surface area contributed by atoms with Crippen molar-refractivity contribution in [1.29, 1.82) is 5.26 Å². The van der Waals surface area contributed by atoms with E-state index in [1.807, 2.05) is 4.90 Å². The van der Waals surface area contributed by atoms with Gasteiger partial charge in [0.05, 0.1) is 16.7 Å². The number of carbonyl (C=O) groups excluding carboxylic acids is 3. The molecule has 5 rings (SSSR count). The van der Waals surface area contributed by atoms with Gasteiger partial charge in [-0.1, -0.05) is 11.6 Å². The van der Waals surface area contributed by atoms with Crippen LogP contribution in [0.25, 0.3) is 11.0 Å². The molecule has 2 fully saturated rings. The minimum Gasteiger partial charge on any atom is -0.449 e. The molecule has 3 amide bonds. The molecule has 0 atom stereocenters. The Bertz CT molecular complexity index is 1370. The number of likely N-dealkylation sites (tertiary alicyclic amines) is 1. The van der Waals surface area contributed by atoms with Gasteiger partial charge in [-0.25, -0.2) is 4.98 Å². The van der Waals surface area contributed by atoms with Gasteiger partial charge < -0.3 is 20.0 Å². The van der Waals surface area contributed by atoms with Crippen molar-refractivity contribution in [3.63, 3.8) is 0 Å². The Morgan fingerprint density at radius 1 is 1.14 bits per heavy atom. The summed E-state index contributed by atoms with van der Waals surface area (Å²) in [7, 11) is 0. The van der Waals surface area contributed by atoms with E-state index in [2.05, 4.69) is 21.7 Å². The van der Waals surface area contributed by atoms with E-state index in [1.54, 1.807) is 30.3 Å². The number of hydrogen-bond acceptors (Lipinski definition) is 6. The number of aromatic nitrogens is 1. The van der Waals surface area contributed by atoms with Gasteiger partial charge in [0.15, 0.2) is 0 Å². The van der Waals surface area contributed by atoms with Gasteiger partial charge in [0.2, 0.25) is 17.6 Å². The summed E-state index contributed by atoms with van der Waals surface area (Å²) in [6.07, 6.45) is 5.74. The minimum atomic E-state index is -0.592. The smallest absolute Gasteiger partial charge is 0.294 e. The van der Waals surface area contributed by atoms with Crippen LogP contribution < -0.4 is 10.6 Å². The monoisotopic (exact) mass is 505 g/mol. The molecular weight excluding hydrogens is 482 g/mol. The number of rotatable bonds is 5. The number of anilines is 2. The maximum atomic E-state index is 13.3. The summed E-state index contributed by atoms with van der Waals surface area (Å²) in [5, 5.41) is 15.8. The molecule has 3 heterocycles. The van der Waals surface area contributed by atoms with Crippen molar-refractivity contribution >= 4 is 51.8 Å². The molecule has 2 N–H and O–H groups in total.